The highest BCUT2D eigenvalue weighted by Crippen LogP contribution is 2.29. The van der Waals surface area contributed by atoms with Crippen LogP contribution in [0.4, 0.5) is 0 Å². The van der Waals surface area contributed by atoms with Crippen LogP contribution in [0.25, 0.3) is 0 Å². The van der Waals surface area contributed by atoms with E-state index in [0.29, 0.717) is 12.5 Å². The third-order valence-electron chi connectivity index (χ3n) is 5.20. The Labute approximate surface area is 148 Å². The number of aromatic nitrogens is 1. The van der Waals surface area contributed by atoms with Gasteiger partial charge in [0.2, 0.25) is 0 Å². The molecule has 0 unspecified atom stereocenters. The van der Waals surface area contributed by atoms with E-state index in [1.165, 1.54) is 12.0 Å². The Morgan fingerprint density at radius 1 is 1.12 bits per heavy atom. The minimum absolute atomic E-state index is 0.139. The van der Waals surface area contributed by atoms with Crippen molar-refractivity contribution in [2.75, 3.05) is 19.7 Å². The third-order valence-corrected chi connectivity index (χ3v) is 5.20. The van der Waals surface area contributed by atoms with Gasteiger partial charge in [-0.05, 0) is 55.9 Å². The van der Waals surface area contributed by atoms with E-state index in [0.717, 1.165) is 55.8 Å². The Morgan fingerprint density at radius 3 is 2.84 bits per heavy atom. The number of hydrogen-bond donors (Lipinski definition) is 0. The maximum atomic E-state index is 12.9. The zero-order valence-electron chi connectivity index (χ0n) is 14.5. The maximum Gasteiger partial charge on any atom is 0.255 e. The molecule has 1 aromatic carbocycles. The molecular weight excluding hydrogens is 312 g/mol. The third kappa shape index (κ3) is 3.53. The van der Waals surface area contributed by atoms with Crippen molar-refractivity contribution in [1.29, 1.82) is 0 Å². The Bertz CT molecular complexity index is 753. The summed E-state index contributed by atoms with van der Waals surface area (Å²) in [5.74, 6) is 1.49. The van der Waals surface area contributed by atoms with E-state index < -0.39 is 0 Å². The highest BCUT2D eigenvalue weighted by Gasteiger charge is 2.25. The second-order valence-electron chi connectivity index (χ2n) is 7.04. The molecule has 2 aliphatic heterocycles. The number of likely N-dealkylation sites (tertiary alicyclic amines) is 1. The van der Waals surface area contributed by atoms with Crippen LogP contribution in [0.3, 0.4) is 0 Å². The predicted octanol–water partition coefficient (Wildman–Crippen LogP) is 3.50. The van der Waals surface area contributed by atoms with E-state index in [4.69, 9.17) is 4.74 Å². The summed E-state index contributed by atoms with van der Waals surface area (Å²) in [6, 6.07) is 12.0. The van der Waals surface area contributed by atoms with Crippen LogP contribution in [0.1, 0.15) is 40.9 Å². The molecule has 1 amide bonds. The van der Waals surface area contributed by atoms with Crippen LogP contribution >= 0.6 is 0 Å². The standard InChI is InChI=1S/C21H24N2O2/c24-21(23-11-4-1-5-12-23)18-8-6-10-22-19(18)14-16-13-17-7-2-3-9-20(17)25-15-16/h2-3,6-10,16H,1,4-5,11-15H2/t16-/m1/s1. The molecule has 1 atom stereocenters. The number of piperidine rings is 1. The monoisotopic (exact) mass is 336 g/mol. The summed E-state index contributed by atoms with van der Waals surface area (Å²) < 4.78 is 5.90. The Kier molecular flexibility index (Phi) is 4.68. The van der Waals surface area contributed by atoms with Crippen LogP contribution in [0.5, 0.6) is 5.75 Å². The SMILES string of the molecule is O=C(c1cccnc1C[C@@H]1COc2ccccc2C1)N1CCCCC1. The van der Waals surface area contributed by atoms with Crippen molar-refractivity contribution in [3.05, 3.63) is 59.4 Å². The lowest BCUT2D eigenvalue weighted by molar-refractivity contribution is 0.0722. The minimum Gasteiger partial charge on any atom is -0.493 e. The van der Waals surface area contributed by atoms with Crippen LogP contribution in [-0.2, 0) is 12.8 Å². The molecule has 0 radical (unpaired) electrons. The zero-order chi connectivity index (χ0) is 17.1. The Balaban J connectivity index is 1.51. The van der Waals surface area contributed by atoms with Gasteiger partial charge in [0.15, 0.2) is 0 Å². The molecule has 1 fully saturated rings. The van der Waals surface area contributed by atoms with Gasteiger partial charge in [0.1, 0.15) is 5.75 Å². The number of carbonyl (C=O) groups is 1. The summed E-state index contributed by atoms with van der Waals surface area (Å²) in [4.78, 5) is 19.4. The molecular formula is C21H24N2O2. The molecule has 1 aromatic heterocycles. The average molecular weight is 336 g/mol. The lowest BCUT2D eigenvalue weighted by Crippen LogP contribution is -2.36. The van der Waals surface area contributed by atoms with Crippen molar-refractivity contribution < 1.29 is 9.53 Å². The molecule has 2 aliphatic rings. The van der Waals surface area contributed by atoms with Crippen molar-refractivity contribution in [2.45, 2.75) is 32.1 Å². The largest absolute Gasteiger partial charge is 0.493 e. The number of ether oxygens (including phenoxy) is 1. The van der Waals surface area contributed by atoms with E-state index in [1.807, 2.05) is 29.2 Å². The van der Waals surface area contributed by atoms with E-state index in [2.05, 4.69) is 17.1 Å². The van der Waals surface area contributed by atoms with Crippen molar-refractivity contribution in [3.63, 3.8) is 0 Å². The molecule has 0 bridgehead atoms. The first-order valence-corrected chi connectivity index (χ1v) is 9.25. The van der Waals surface area contributed by atoms with Gasteiger partial charge in [0.05, 0.1) is 17.9 Å². The first kappa shape index (κ1) is 16.1. The van der Waals surface area contributed by atoms with Crippen molar-refractivity contribution in [1.82, 2.24) is 9.88 Å². The van der Waals surface area contributed by atoms with Crippen molar-refractivity contribution >= 4 is 5.91 Å². The fourth-order valence-corrected chi connectivity index (χ4v) is 3.86. The van der Waals surface area contributed by atoms with Crippen LogP contribution in [0.2, 0.25) is 0 Å². The number of hydrogen-bond acceptors (Lipinski definition) is 3. The number of rotatable bonds is 3. The number of nitrogens with zero attached hydrogens (tertiary/aromatic N) is 2. The number of benzene rings is 1. The van der Waals surface area contributed by atoms with Gasteiger partial charge in [-0.2, -0.15) is 0 Å². The van der Waals surface area contributed by atoms with Crippen molar-refractivity contribution in [3.8, 4) is 5.75 Å². The van der Waals surface area contributed by atoms with Crippen LogP contribution in [-0.4, -0.2) is 35.5 Å². The van der Waals surface area contributed by atoms with E-state index in [-0.39, 0.29) is 5.91 Å². The minimum atomic E-state index is 0.139. The van der Waals surface area contributed by atoms with Gasteiger partial charge in [-0.15, -0.1) is 0 Å². The lowest BCUT2D eigenvalue weighted by atomic mass is 9.91. The highest BCUT2D eigenvalue weighted by molar-refractivity contribution is 5.95. The Morgan fingerprint density at radius 2 is 1.96 bits per heavy atom. The average Bonchev–Trinajstić information content (AvgIpc) is 2.68. The first-order chi connectivity index (χ1) is 12.3. The molecule has 25 heavy (non-hydrogen) atoms. The maximum absolute atomic E-state index is 12.9. The summed E-state index contributed by atoms with van der Waals surface area (Å²) in [7, 11) is 0. The molecule has 0 saturated carbocycles. The van der Waals surface area contributed by atoms with Gasteiger partial charge in [-0.25, -0.2) is 0 Å². The fourth-order valence-electron chi connectivity index (χ4n) is 3.86. The molecule has 4 nitrogen and oxygen atoms in total. The van der Waals surface area contributed by atoms with Gasteiger partial charge in [0, 0.05) is 25.2 Å². The predicted molar refractivity (Wildman–Crippen MR) is 96.8 cm³/mol. The lowest BCUT2D eigenvalue weighted by Gasteiger charge is -2.28. The summed E-state index contributed by atoms with van der Waals surface area (Å²) in [6.07, 6.45) is 6.99. The zero-order valence-corrected chi connectivity index (χ0v) is 14.5. The highest BCUT2D eigenvalue weighted by atomic mass is 16.5. The number of para-hydroxylation sites is 1. The second-order valence-corrected chi connectivity index (χ2v) is 7.04. The normalized spacial score (nSPS) is 19.8. The van der Waals surface area contributed by atoms with Gasteiger partial charge in [-0.3, -0.25) is 9.78 Å². The molecule has 3 heterocycles. The molecule has 2 aromatic rings. The van der Waals surface area contributed by atoms with E-state index >= 15 is 0 Å². The van der Waals surface area contributed by atoms with Gasteiger partial charge in [-0.1, -0.05) is 18.2 Å². The summed E-state index contributed by atoms with van der Waals surface area (Å²) in [5, 5.41) is 0. The first-order valence-electron chi connectivity index (χ1n) is 9.25. The molecule has 0 aliphatic carbocycles. The topological polar surface area (TPSA) is 42.4 Å². The number of carbonyl (C=O) groups excluding carboxylic acids is 1. The van der Waals surface area contributed by atoms with Crippen molar-refractivity contribution in [2.24, 2.45) is 5.92 Å². The molecule has 0 N–H and O–H groups in total. The number of fused-ring (bicyclic) bond motifs is 1. The molecule has 0 spiro atoms. The number of pyridine rings is 1. The Hall–Kier alpha value is -2.36. The summed E-state index contributed by atoms with van der Waals surface area (Å²) >= 11 is 0. The van der Waals surface area contributed by atoms with E-state index in [1.54, 1.807) is 6.20 Å². The summed E-state index contributed by atoms with van der Waals surface area (Å²) in [6.45, 7) is 2.42. The van der Waals surface area contributed by atoms with Gasteiger partial charge >= 0.3 is 0 Å². The smallest absolute Gasteiger partial charge is 0.255 e. The van der Waals surface area contributed by atoms with Gasteiger partial charge in [0.25, 0.3) is 5.91 Å². The molecule has 4 rings (SSSR count). The quantitative estimate of drug-likeness (QED) is 0.861. The van der Waals surface area contributed by atoms with Crippen LogP contribution in [0.15, 0.2) is 42.6 Å². The molecule has 130 valence electrons. The summed E-state index contributed by atoms with van der Waals surface area (Å²) in [5.41, 5.74) is 2.92. The second kappa shape index (κ2) is 7.26. The van der Waals surface area contributed by atoms with Crippen LogP contribution < -0.4 is 4.74 Å². The fraction of sp³-hybridized carbons (Fsp3) is 0.429. The van der Waals surface area contributed by atoms with Crippen LogP contribution in [0, 0.1) is 5.92 Å². The van der Waals surface area contributed by atoms with Gasteiger partial charge < -0.3 is 9.64 Å². The van der Waals surface area contributed by atoms with E-state index in [9.17, 15) is 4.79 Å². The number of amides is 1. The molecule has 4 heteroatoms. The molecule has 1 saturated heterocycles.